The number of fused-ring (bicyclic) bond motifs is 1. The highest BCUT2D eigenvalue weighted by Gasteiger charge is 2.24. The molecule has 120 valence electrons. The summed E-state index contributed by atoms with van der Waals surface area (Å²) in [6, 6.07) is 0. The van der Waals surface area contributed by atoms with Crippen LogP contribution in [0.1, 0.15) is 36.3 Å². The number of primary amides is 1. The molecule has 0 saturated carbocycles. The molecule has 1 aromatic heterocycles. The van der Waals surface area contributed by atoms with Crippen molar-refractivity contribution in [2.75, 3.05) is 25.0 Å². The van der Waals surface area contributed by atoms with Gasteiger partial charge in [-0.1, -0.05) is 0 Å². The lowest BCUT2D eigenvalue weighted by Gasteiger charge is -2.29. The van der Waals surface area contributed by atoms with E-state index >= 15 is 0 Å². The van der Waals surface area contributed by atoms with Crippen molar-refractivity contribution in [2.45, 2.75) is 38.5 Å². The summed E-state index contributed by atoms with van der Waals surface area (Å²) in [5.41, 5.74) is 6.48. The lowest BCUT2D eigenvalue weighted by molar-refractivity contribution is -0.123. The number of anilines is 1. The van der Waals surface area contributed by atoms with Gasteiger partial charge in [-0.15, -0.1) is 11.3 Å². The van der Waals surface area contributed by atoms with Crippen molar-refractivity contribution in [1.29, 1.82) is 0 Å². The van der Waals surface area contributed by atoms with E-state index < -0.39 is 0 Å². The van der Waals surface area contributed by atoms with E-state index in [4.69, 9.17) is 5.73 Å². The number of amides is 2. The lowest BCUT2D eigenvalue weighted by atomic mass is 9.96. The van der Waals surface area contributed by atoms with E-state index in [-0.39, 0.29) is 17.7 Å². The summed E-state index contributed by atoms with van der Waals surface area (Å²) in [6.45, 7) is 1.85. The maximum Gasteiger partial charge on any atom is 0.240 e. The van der Waals surface area contributed by atoms with Crippen molar-refractivity contribution < 1.29 is 9.59 Å². The monoisotopic (exact) mass is 322 g/mol. The Balaban J connectivity index is 1.48. The maximum absolute atomic E-state index is 12.1. The van der Waals surface area contributed by atoms with Crippen LogP contribution in [0, 0.1) is 5.92 Å². The summed E-state index contributed by atoms with van der Waals surface area (Å²) in [6.07, 6.45) is 6.02. The van der Waals surface area contributed by atoms with E-state index in [1.807, 2.05) is 0 Å². The van der Waals surface area contributed by atoms with Crippen molar-refractivity contribution in [1.82, 2.24) is 9.88 Å². The topological polar surface area (TPSA) is 88.3 Å². The average Bonchev–Trinajstić information content (AvgIpc) is 2.89. The molecule has 2 amide bonds. The molecule has 0 radical (unpaired) electrons. The molecule has 0 aromatic carbocycles. The van der Waals surface area contributed by atoms with E-state index in [0.29, 0.717) is 6.54 Å². The molecule has 22 heavy (non-hydrogen) atoms. The molecule has 1 aliphatic carbocycles. The normalized spacial score (nSPS) is 19.6. The summed E-state index contributed by atoms with van der Waals surface area (Å²) >= 11 is 1.61. The first-order valence-electron chi connectivity index (χ1n) is 7.92. The summed E-state index contributed by atoms with van der Waals surface area (Å²) in [5.74, 6) is -0.286. The molecule has 3 rings (SSSR count). The van der Waals surface area contributed by atoms with Gasteiger partial charge in [-0.05, 0) is 51.6 Å². The highest BCUT2D eigenvalue weighted by molar-refractivity contribution is 7.15. The number of aryl methyl sites for hydroxylation is 2. The first kappa shape index (κ1) is 15.4. The highest BCUT2D eigenvalue weighted by Crippen LogP contribution is 2.29. The molecular weight excluding hydrogens is 300 g/mol. The second kappa shape index (κ2) is 6.75. The molecule has 3 N–H and O–H groups in total. The number of aromatic nitrogens is 1. The van der Waals surface area contributed by atoms with E-state index in [9.17, 15) is 9.59 Å². The summed E-state index contributed by atoms with van der Waals surface area (Å²) in [7, 11) is 0. The van der Waals surface area contributed by atoms with Gasteiger partial charge in [-0.25, -0.2) is 4.98 Å². The minimum atomic E-state index is -0.225. The zero-order chi connectivity index (χ0) is 15.5. The summed E-state index contributed by atoms with van der Waals surface area (Å²) < 4.78 is 0. The van der Waals surface area contributed by atoms with Crippen molar-refractivity contribution in [2.24, 2.45) is 11.7 Å². The number of piperidine rings is 1. The molecule has 2 heterocycles. The lowest BCUT2D eigenvalue weighted by Crippen LogP contribution is -2.42. The molecule has 1 aliphatic heterocycles. The largest absolute Gasteiger partial charge is 0.369 e. The van der Waals surface area contributed by atoms with Crippen LogP contribution in [0.2, 0.25) is 0 Å². The fourth-order valence-electron chi connectivity index (χ4n) is 3.14. The van der Waals surface area contributed by atoms with Crippen LogP contribution in [0.4, 0.5) is 5.13 Å². The molecule has 1 aromatic rings. The van der Waals surface area contributed by atoms with Gasteiger partial charge in [0.25, 0.3) is 0 Å². The number of likely N-dealkylation sites (tertiary alicyclic amines) is 1. The molecule has 2 aliphatic rings. The maximum atomic E-state index is 12.1. The van der Waals surface area contributed by atoms with Gasteiger partial charge in [-0.3, -0.25) is 14.5 Å². The quantitative estimate of drug-likeness (QED) is 0.870. The van der Waals surface area contributed by atoms with Crippen molar-refractivity contribution in [3.05, 3.63) is 10.6 Å². The summed E-state index contributed by atoms with van der Waals surface area (Å²) in [5, 5.41) is 3.64. The number of thiazole rings is 1. The number of hydrogen-bond acceptors (Lipinski definition) is 5. The zero-order valence-electron chi connectivity index (χ0n) is 12.6. The predicted octanol–water partition coefficient (Wildman–Crippen LogP) is 1.16. The fourth-order valence-corrected chi connectivity index (χ4v) is 4.21. The van der Waals surface area contributed by atoms with Crippen molar-refractivity contribution >= 4 is 28.3 Å². The SMILES string of the molecule is NC(=O)C1CCN(CC(=O)Nc2nc3c(s2)CCCC3)CC1. The number of carbonyl (C=O) groups excluding carboxylic acids is 2. The number of nitrogens with one attached hydrogen (secondary N) is 1. The van der Waals surface area contributed by atoms with Gasteiger partial charge < -0.3 is 11.1 Å². The Kier molecular flexibility index (Phi) is 4.73. The summed E-state index contributed by atoms with van der Waals surface area (Å²) in [4.78, 5) is 31.2. The fraction of sp³-hybridized carbons (Fsp3) is 0.667. The zero-order valence-corrected chi connectivity index (χ0v) is 13.5. The van der Waals surface area contributed by atoms with Crippen molar-refractivity contribution in [3.63, 3.8) is 0 Å². The van der Waals surface area contributed by atoms with Gasteiger partial charge in [0.05, 0.1) is 12.2 Å². The van der Waals surface area contributed by atoms with Gasteiger partial charge in [0.2, 0.25) is 11.8 Å². The average molecular weight is 322 g/mol. The van der Waals surface area contributed by atoms with Crippen molar-refractivity contribution in [3.8, 4) is 0 Å². The number of carbonyl (C=O) groups is 2. The van der Waals surface area contributed by atoms with E-state index in [0.717, 1.165) is 49.6 Å². The Morgan fingerprint density at radius 1 is 1.27 bits per heavy atom. The molecule has 0 spiro atoms. The molecule has 1 fully saturated rings. The van der Waals surface area contributed by atoms with Crippen LogP contribution in [0.25, 0.3) is 0 Å². The third kappa shape index (κ3) is 3.64. The minimum absolute atomic E-state index is 0.0244. The van der Waals surface area contributed by atoms with Crippen LogP contribution in [0.5, 0.6) is 0 Å². The Labute approximate surface area is 134 Å². The Morgan fingerprint density at radius 3 is 2.68 bits per heavy atom. The Bertz CT molecular complexity index is 540. The minimum Gasteiger partial charge on any atom is -0.369 e. The predicted molar refractivity (Wildman–Crippen MR) is 85.7 cm³/mol. The van der Waals surface area contributed by atoms with E-state index in [1.165, 1.54) is 17.7 Å². The number of nitrogens with zero attached hydrogens (tertiary/aromatic N) is 2. The third-order valence-electron chi connectivity index (χ3n) is 4.45. The number of rotatable bonds is 4. The Hall–Kier alpha value is -1.47. The molecule has 6 nitrogen and oxygen atoms in total. The molecule has 0 unspecified atom stereocenters. The van der Waals surface area contributed by atoms with E-state index in [1.54, 1.807) is 11.3 Å². The van der Waals surface area contributed by atoms with Gasteiger partial charge in [-0.2, -0.15) is 0 Å². The van der Waals surface area contributed by atoms with Crippen LogP contribution < -0.4 is 11.1 Å². The molecular formula is C15H22N4O2S. The second-order valence-electron chi connectivity index (χ2n) is 6.10. The van der Waals surface area contributed by atoms with Gasteiger partial charge in [0, 0.05) is 10.8 Å². The van der Waals surface area contributed by atoms with Gasteiger partial charge in [0.15, 0.2) is 5.13 Å². The molecule has 1 saturated heterocycles. The third-order valence-corrected chi connectivity index (χ3v) is 5.52. The van der Waals surface area contributed by atoms with Crippen LogP contribution in [-0.4, -0.2) is 41.3 Å². The van der Waals surface area contributed by atoms with Crippen LogP contribution in [-0.2, 0) is 22.4 Å². The molecule has 0 bridgehead atoms. The van der Waals surface area contributed by atoms with Gasteiger partial charge in [0.1, 0.15) is 0 Å². The van der Waals surface area contributed by atoms with Crippen LogP contribution >= 0.6 is 11.3 Å². The first-order valence-corrected chi connectivity index (χ1v) is 8.73. The van der Waals surface area contributed by atoms with Gasteiger partial charge >= 0.3 is 0 Å². The smallest absolute Gasteiger partial charge is 0.240 e. The van der Waals surface area contributed by atoms with Crippen LogP contribution in [0.3, 0.4) is 0 Å². The first-order chi connectivity index (χ1) is 10.6. The number of hydrogen-bond donors (Lipinski definition) is 2. The molecule has 7 heteroatoms. The van der Waals surface area contributed by atoms with Crippen LogP contribution in [0.15, 0.2) is 0 Å². The standard InChI is InChI=1S/C15H22N4O2S/c16-14(21)10-5-7-19(8-6-10)9-13(20)18-15-17-11-3-1-2-4-12(11)22-15/h10H,1-9H2,(H2,16,21)(H,17,18,20). The highest BCUT2D eigenvalue weighted by atomic mass is 32.1. The number of nitrogens with two attached hydrogens (primary N) is 1. The van der Waals surface area contributed by atoms with E-state index in [2.05, 4.69) is 15.2 Å². The molecule has 0 atom stereocenters. The Morgan fingerprint density at radius 2 is 2.00 bits per heavy atom. The second-order valence-corrected chi connectivity index (χ2v) is 7.18.